The van der Waals surface area contributed by atoms with Crippen LogP contribution < -0.4 is 19.6 Å². The lowest BCUT2D eigenvalue weighted by atomic mass is 10.1. The van der Waals surface area contributed by atoms with E-state index in [1.165, 1.54) is 6.21 Å². The third-order valence-corrected chi connectivity index (χ3v) is 4.09. The second kappa shape index (κ2) is 7.25. The highest BCUT2D eigenvalue weighted by atomic mass is 16.7. The van der Waals surface area contributed by atoms with Crippen molar-refractivity contribution in [1.29, 1.82) is 0 Å². The van der Waals surface area contributed by atoms with Gasteiger partial charge in [-0.3, -0.25) is 4.79 Å². The molecule has 7 nitrogen and oxygen atoms in total. The van der Waals surface area contributed by atoms with E-state index in [0.717, 1.165) is 11.3 Å². The number of benzene rings is 2. The zero-order valence-electron chi connectivity index (χ0n) is 14.6. The number of hydrogen-bond donors (Lipinski definition) is 1. The van der Waals surface area contributed by atoms with Crippen LogP contribution in [0, 0.1) is 0 Å². The minimum atomic E-state index is -0.303. The molecule has 0 saturated heterocycles. The van der Waals surface area contributed by atoms with Crippen LogP contribution in [0.2, 0.25) is 0 Å². The molecule has 1 aliphatic rings. The van der Waals surface area contributed by atoms with Crippen LogP contribution in [-0.2, 0) is 0 Å². The molecule has 0 atom stereocenters. The number of methoxy groups -OCH3 is 1. The van der Waals surface area contributed by atoms with Crippen molar-refractivity contribution in [2.45, 2.75) is 0 Å². The number of hydrogen-bond acceptors (Lipinski definition) is 5. The molecule has 3 aromatic rings. The maximum Gasteiger partial charge on any atom is 0.273 e. The Morgan fingerprint density at radius 3 is 2.81 bits per heavy atom. The number of carbonyl (C=O) groups excluding carboxylic acids is 1. The molecule has 136 valence electrons. The Hall–Kier alpha value is -3.74. The summed E-state index contributed by atoms with van der Waals surface area (Å²) in [4.78, 5) is 12.6. The van der Waals surface area contributed by atoms with Crippen molar-refractivity contribution in [3.8, 4) is 22.9 Å². The van der Waals surface area contributed by atoms with Crippen LogP contribution >= 0.6 is 0 Å². The molecule has 1 N–H and O–H groups in total. The predicted octanol–water partition coefficient (Wildman–Crippen LogP) is 2.98. The van der Waals surface area contributed by atoms with Crippen molar-refractivity contribution in [3.63, 3.8) is 0 Å². The lowest BCUT2D eigenvalue weighted by Crippen LogP contribution is -2.19. The Labute approximate surface area is 155 Å². The number of rotatable bonds is 5. The van der Waals surface area contributed by atoms with Gasteiger partial charge >= 0.3 is 0 Å². The van der Waals surface area contributed by atoms with Gasteiger partial charge < -0.3 is 18.8 Å². The van der Waals surface area contributed by atoms with E-state index in [-0.39, 0.29) is 12.7 Å². The SMILES string of the molecule is COc1cc(/C=N/NC(=O)c2ccccc2-n2cccc2)cc2c1OCO2. The number of nitrogens with one attached hydrogen (secondary N) is 1. The van der Waals surface area contributed by atoms with Gasteiger partial charge in [0.05, 0.1) is 24.6 Å². The molecule has 0 spiro atoms. The van der Waals surface area contributed by atoms with Crippen LogP contribution in [0.1, 0.15) is 15.9 Å². The molecule has 0 radical (unpaired) electrons. The first-order chi connectivity index (χ1) is 13.3. The Kier molecular flexibility index (Phi) is 4.49. The number of fused-ring (bicyclic) bond motifs is 1. The molecule has 0 aliphatic carbocycles. The minimum Gasteiger partial charge on any atom is -0.493 e. The Balaban J connectivity index is 1.52. The Bertz CT molecular complexity index is 996. The fraction of sp³-hybridized carbons (Fsp3) is 0.100. The number of hydrazone groups is 1. The smallest absolute Gasteiger partial charge is 0.273 e. The van der Waals surface area contributed by atoms with E-state index in [9.17, 15) is 4.79 Å². The molecule has 0 saturated carbocycles. The number of para-hydroxylation sites is 1. The van der Waals surface area contributed by atoms with Crippen molar-refractivity contribution >= 4 is 12.1 Å². The first kappa shape index (κ1) is 16.7. The first-order valence-corrected chi connectivity index (χ1v) is 8.29. The summed E-state index contributed by atoms with van der Waals surface area (Å²) in [6.07, 6.45) is 5.29. The average molecular weight is 363 g/mol. The van der Waals surface area contributed by atoms with E-state index in [1.54, 1.807) is 25.3 Å². The second-order valence-corrected chi connectivity index (χ2v) is 5.76. The number of nitrogens with zero attached hydrogens (tertiary/aromatic N) is 2. The molecule has 1 amide bonds. The van der Waals surface area contributed by atoms with Crippen LogP contribution in [0.3, 0.4) is 0 Å². The Morgan fingerprint density at radius 1 is 1.19 bits per heavy atom. The van der Waals surface area contributed by atoms with Gasteiger partial charge in [0.2, 0.25) is 12.5 Å². The highest BCUT2D eigenvalue weighted by Crippen LogP contribution is 2.41. The number of ether oxygens (including phenoxy) is 3. The summed E-state index contributed by atoms with van der Waals surface area (Å²) in [7, 11) is 1.55. The van der Waals surface area contributed by atoms with E-state index >= 15 is 0 Å². The molecular weight excluding hydrogens is 346 g/mol. The van der Waals surface area contributed by atoms with Crippen LogP contribution in [0.25, 0.3) is 5.69 Å². The van der Waals surface area contributed by atoms with Gasteiger partial charge in [-0.05, 0) is 36.4 Å². The van der Waals surface area contributed by atoms with Crippen LogP contribution in [0.5, 0.6) is 17.2 Å². The van der Waals surface area contributed by atoms with Crippen molar-refractivity contribution in [2.24, 2.45) is 5.10 Å². The molecule has 4 rings (SSSR count). The van der Waals surface area contributed by atoms with Gasteiger partial charge in [-0.25, -0.2) is 5.43 Å². The minimum absolute atomic E-state index is 0.152. The summed E-state index contributed by atoms with van der Waals surface area (Å²) < 4.78 is 17.9. The van der Waals surface area contributed by atoms with Gasteiger partial charge in [0.1, 0.15) is 0 Å². The third-order valence-electron chi connectivity index (χ3n) is 4.09. The first-order valence-electron chi connectivity index (χ1n) is 8.29. The fourth-order valence-electron chi connectivity index (χ4n) is 2.84. The van der Waals surface area contributed by atoms with Gasteiger partial charge in [0.15, 0.2) is 11.5 Å². The molecule has 2 heterocycles. The number of amides is 1. The van der Waals surface area contributed by atoms with Crippen molar-refractivity contribution in [1.82, 2.24) is 9.99 Å². The zero-order chi connectivity index (χ0) is 18.6. The van der Waals surface area contributed by atoms with Gasteiger partial charge in [0.25, 0.3) is 5.91 Å². The van der Waals surface area contributed by atoms with Gasteiger partial charge in [-0.2, -0.15) is 5.10 Å². The summed E-state index contributed by atoms with van der Waals surface area (Å²) in [6.45, 7) is 0.152. The largest absolute Gasteiger partial charge is 0.493 e. The van der Waals surface area contributed by atoms with Crippen molar-refractivity contribution < 1.29 is 19.0 Å². The lowest BCUT2D eigenvalue weighted by Gasteiger charge is -2.09. The van der Waals surface area contributed by atoms with E-state index in [0.29, 0.717) is 22.8 Å². The maximum absolute atomic E-state index is 12.6. The number of carbonyl (C=O) groups is 1. The molecule has 7 heteroatoms. The van der Waals surface area contributed by atoms with E-state index in [1.807, 2.05) is 47.3 Å². The standard InChI is InChI=1S/C20H17N3O4/c1-25-17-10-14(11-18-19(17)27-13-26-18)12-21-22-20(24)15-6-2-3-7-16(15)23-8-4-5-9-23/h2-12H,13H2,1H3,(H,22,24)/b21-12+. The Morgan fingerprint density at radius 2 is 2.00 bits per heavy atom. The lowest BCUT2D eigenvalue weighted by molar-refractivity contribution is 0.0955. The average Bonchev–Trinajstić information content (AvgIpc) is 3.39. The van der Waals surface area contributed by atoms with Crippen molar-refractivity contribution in [3.05, 3.63) is 72.1 Å². The summed E-state index contributed by atoms with van der Waals surface area (Å²) in [6, 6.07) is 14.7. The second-order valence-electron chi connectivity index (χ2n) is 5.76. The van der Waals surface area contributed by atoms with Gasteiger partial charge in [0, 0.05) is 18.0 Å². The quantitative estimate of drug-likeness (QED) is 0.559. The highest BCUT2D eigenvalue weighted by molar-refractivity contribution is 5.98. The fourth-order valence-corrected chi connectivity index (χ4v) is 2.84. The summed E-state index contributed by atoms with van der Waals surface area (Å²) in [5.74, 6) is 1.40. The van der Waals surface area contributed by atoms with E-state index < -0.39 is 0 Å². The number of aromatic nitrogens is 1. The molecule has 0 bridgehead atoms. The molecule has 1 aliphatic heterocycles. The monoisotopic (exact) mass is 363 g/mol. The predicted molar refractivity (Wildman–Crippen MR) is 99.9 cm³/mol. The molecular formula is C20H17N3O4. The molecule has 0 unspecified atom stereocenters. The summed E-state index contributed by atoms with van der Waals surface area (Å²) in [5.41, 5.74) is 4.58. The maximum atomic E-state index is 12.6. The van der Waals surface area contributed by atoms with Crippen LogP contribution in [0.4, 0.5) is 0 Å². The highest BCUT2D eigenvalue weighted by Gasteiger charge is 2.19. The topological polar surface area (TPSA) is 74.1 Å². The normalized spacial score (nSPS) is 12.3. The van der Waals surface area contributed by atoms with Gasteiger partial charge in [-0.15, -0.1) is 0 Å². The summed E-state index contributed by atoms with van der Waals surface area (Å²) >= 11 is 0. The van der Waals surface area contributed by atoms with Crippen LogP contribution in [-0.4, -0.2) is 30.6 Å². The van der Waals surface area contributed by atoms with Crippen LogP contribution in [0.15, 0.2) is 66.0 Å². The summed E-state index contributed by atoms with van der Waals surface area (Å²) in [5, 5.41) is 4.06. The third kappa shape index (κ3) is 3.35. The van der Waals surface area contributed by atoms with E-state index in [2.05, 4.69) is 10.5 Å². The molecule has 1 aromatic heterocycles. The zero-order valence-corrected chi connectivity index (χ0v) is 14.6. The van der Waals surface area contributed by atoms with Crippen molar-refractivity contribution in [2.75, 3.05) is 13.9 Å². The van der Waals surface area contributed by atoms with E-state index in [4.69, 9.17) is 14.2 Å². The molecule has 27 heavy (non-hydrogen) atoms. The molecule has 0 fully saturated rings. The molecule has 2 aromatic carbocycles. The van der Waals surface area contributed by atoms with Gasteiger partial charge in [-0.1, -0.05) is 12.1 Å².